The molecule has 4 heteroatoms. The van der Waals surface area contributed by atoms with Crippen molar-refractivity contribution in [1.29, 1.82) is 0 Å². The highest BCUT2D eigenvalue weighted by atomic mass is 79.9. The van der Waals surface area contributed by atoms with Crippen LogP contribution < -0.4 is 4.31 Å². The maximum absolute atomic E-state index is 13.0. The topological polar surface area (TPSA) is 20.3 Å². The average molecular weight is 342 g/mol. The Morgan fingerprint density at radius 3 is 2.53 bits per heavy atom. The summed E-state index contributed by atoms with van der Waals surface area (Å²) in [7, 11) is -0.988. The van der Waals surface area contributed by atoms with Gasteiger partial charge in [-0.25, -0.2) is 4.21 Å². The van der Waals surface area contributed by atoms with E-state index < -0.39 is 11.0 Å². The number of nitrogens with zero attached hydrogens (tertiary/aromatic N) is 1. The number of hydrogen-bond donors (Lipinski definition) is 0. The van der Waals surface area contributed by atoms with Crippen LogP contribution in [0.4, 0.5) is 5.69 Å². The molecule has 1 spiro atoms. The quantitative estimate of drug-likeness (QED) is 0.749. The van der Waals surface area contributed by atoms with Crippen molar-refractivity contribution in [2.24, 2.45) is 0 Å². The largest absolute Gasteiger partial charge is 0.285 e. The highest BCUT2D eigenvalue weighted by Gasteiger charge is 2.52. The minimum absolute atomic E-state index is 0.126. The van der Waals surface area contributed by atoms with Gasteiger partial charge in [-0.3, -0.25) is 4.31 Å². The van der Waals surface area contributed by atoms with E-state index >= 15 is 0 Å². The van der Waals surface area contributed by atoms with E-state index in [1.165, 1.54) is 30.5 Å². The molecular weight excluding hydrogens is 322 g/mol. The molecule has 1 atom stereocenters. The Balaban J connectivity index is 2.09. The lowest BCUT2D eigenvalue weighted by Crippen LogP contribution is -2.55. The van der Waals surface area contributed by atoms with Gasteiger partial charge in [0.2, 0.25) is 0 Å². The molecule has 0 radical (unpaired) electrons. The first kappa shape index (κ1) is 13.6. The summed E-state index contributed by atoms with van der Waals surface area (Å²) >= 11 is 3.54. The molecule has 0 bridgehead atoms. The van der Waals surface area contributed by atoms with Crippen LogP contribution in [0.15, 0.2) is 22.7 Å². The maximum atomic E-state index is 13.0. The molecule has 3 rings (SSSR count). The van der Waals surface area contributed by atoms with Crippen LogP contribution in [0.25, 0.3) is 0 Å². The Kier molecular flexibility index (Phi) is 3.10. The van der Waals surface area contributed by atoms with Crippen LogP contribution in [-0.4, -0.2) is 14.5 Å². The van der Waals surface area contributed by atoms with E-state index in [9.17, 15) is 4.21 Å². The molecule has 2 nitrogen and oxygen atoms in total. The van der Waals surface area contributed by atoms with E-state index in [4.69, 9.17) is 0 Å². The summed E-state index contributed by atoms with van der Waals surface area (Å²) in [5.41, 5.74) is 2.64. The third-order valence-corrected chi connectivity index (χ3v) is 6.65. The van der Waals surface area contributed by atoms with Crippen molar-refractivity contribution in [3.63, 3.8) is 0 Å². The number of fused-ring (bicyclic) bond motifs is 1. The van der Waals surface area contributed by atoms with Crippen molar-refractivity contribution in [1.82, 2.24) is 0 Å². The molecule has 1 heterocycles. The number of anilines is 1. The fourth-order valence-corrected chi connectivity index (χ4v) is 4.91. The van der Waals surface area contributed by atoms with Crippen molar-refractivity contribution in [3.8, 4) is 0 Å². The summed E-state index contributed by atoms with van der Waals surface area (Å²) in [4.78, 5) is 0. The summed E-state index contributed by atoms with van der Waals surface area (Å²) in [6, 6.07) is 6.40. The Morgan fingerprint density at radius 2 is 2.00 bits per heavy atom. The predicted molar refractivity (Wildman–Crippen MR) is 84.8 cm³/mol. The summed E-state index contributed by atoms with van der Waals surface area (Å²) in [5, 5.41) is 0. The van der Waals surface area contributed by atoms with Crippen LogP contribution in [0, 0.1) is 0 Å². The van der Waals surface area contributed by atoms with Crippen molar-refractivity contribution >= 4 is 32.6 Å². The Labute approximate surface area is 126 Å². The van der Waals surface area contributed by atoms with Crippen molar-refractivity contribution in [2.45, 2.75) is 56.7 Å². The normalized spacial score (nSPS) is 22.2. The molecule has 19 heavy (non-hydrogen) atoms. The number of benzene rings is 1. The summed E-state index contributed by atoms with van der Waals surface area (Å²) in [6.07, 6.45) is 4.65. The Hall–Kier alpha value is -0.350. The van der Waals surface area contributed by atoms with Crippen LogP contribution in [0.5, 0.6) is 0 Å². The maximum Gasteiger partial charge on any atom is 0.125 e. The minimum Gasteiger partial charge on any atom is -0.285 e. The van der Waals surface area contributed by atoms with Crippen LogP contribution in [0.2, 0.25) is 0 Å². The first-order valence-electron chi connectivity index (χ1n) is 6.84. The molecule has 1 unspecified atom stereocenters. The van der Waals surface area contributed by atoms with Crippen molar-refractivity contribution < 1.29 is 4.21 Å². The monoisotopic (exact) mass is 341 g/mol. The minimum atomic E-state index is -0.988. The third-order valence-electron chi connectivity index (χ3n) is 4.19. The summed E-state index contributed by atoms with van der Waals surface area (Å²) in [6.45, 7) is 6.18. The standard InChI is InChI=1S/C15H20BrNOS/c1-14(2,3)19(18)17-13-9-12(16)6-5-11(13)10-15(17)7-4-8-15/h5-6,9H,4,7-8,10H2,1-3H3. The van der Waals surface area contributed by atoms with Gasteiger partial charge < -0.3 is 0 Å². The lowest BCUT2D eigenvalue weighted by molar-refractivity contribution is 0.266. The van der Waals surface area contributed by atoms with E-state index in [0.29, 0.717) is 0 Å². The van der Waals surface area contributed by atoms with Gasteiger partial charge >= 0.3 is 0 Å². The molecule has 1 aliphatic carbocycles. The van der Waals surface area contributed by atoms with Crippen LogP contribution in [0.1, 0.15) is 45.6 Å². The Bertz CT molecular complexity index is 546. The van der Waals surface area contributed by atoms with Crippen LogP contribution in [-0.2, 0) is 17.4 Å². The van der Waals surface area contributed by atoms with Gasteiger partial charge in [0.05, 0.1) is 16.0 Å². The summed E-state index contributed by atoms with van der Waals surface area (Å²) < 4.78 is 16.0. The molecule has 0 aromatic heterocycles. The van der Waals surface area contributed by atoms with Crippen molar-refractivity contribution in [2.75, 3.05) is 4.31 Å². The lowest BCUT2D eigenvalue weighted by atomic mass is 9.75. The number of rotatable bonds is 1. The second kappa shape index (κ2) is 4.32. The summed E-state index contributed by atoms with van der Waals surface area (Å²) in [5.74, 6) is 0. The fourth-order valence-electron chi connectivity index (χ4n) is 3.06. The molecule has 0 saturated heterocycles. The third kappa shape index (κ3) is 2.07. The first-order valence-corrected chi connectivity index (χ1v) is 8.74. The van der Waals surface area contributed by atoms with E-state index in [1.54, 1.807) is 0 Å². The molecule has 0 amide bonds. The smallest absolute Gasteiger partial charge is 0.125 e. The molecule has 1 fully saturated rings. The van der Waals surface area contributed by atoms with Crippen LogP contribution in [0.3, 0.4) is 0 Å². The molecule has 2 aliphatic rings. The molecule has 0 N–H and O–H groups in total. The molecule has 1 aliphatic heterocycles. The second-order valence-corrected chi connectivity index (χ2v) is 9.69. The first-order chi connectivity index (χ1) is 8.83. The van der Waals surface area contributed by atoms with E-state index in [-0.39, 0.29) is 10.3 Å². The van der Waals surface area contributed by atoms with E-state index in [1.807, 2.05) is 0 Å². The van der Waals surface area contributed by atoms with Gasteiger partial charge in [-0.1, -0.05) is 22.0 Å². The highest BCUT2D eigenvalue weighted by molar-refractivity contribution is 9.10. The molecular formula is C15H20BrNOS. The zero-order chi connectivity index (χ0) is 13.8. The second-order valence-electron chi connectivity index (χ2n) is 6.68. The van der Waals surface area contributed by atoms with Gasteiger partial charge in [0.15, 0.2) is 0 Å². The van der Waals surface area contributed by atoms with Gasteiger partial charge in [0, 0.05) is 4.47 Å². The highest BCUT2D eigenvalue weighted by Crippen LogP contribution is 2.52. The zero-order valence-electron chi connectivity index (χ0n) is 11.7. The molecule has 1 aromatic rings. The number of halogens is 1. The number of hydrogen-bond acceptors (Lipinski definition) is 1. The van der Waals surface area contributed by atoms with Crippen LogP contribution >= 0.6 is 15.9 Å². The van der Waals surface area contributed by atoms with Gasteiger partial charge in [-0.2, -0.15) is 0 Å². The predicted octanol–water partition coefficient (Wildman–Crippen LogP) is 4.20. The Morgan fingerprint density at radius 1 is 1.32 bits per heavy atom. The fraction of sp³-hybridized carbons (Fsp3) is 0.600. The van der Waals surface area contributed by atoms with Gasteiger partial charge in [-0.15, -0.1) is 0 Å². The van der Waals surface area contributed by atoms with Gasteiger partial charge in [-0.05, 0) is 64.2 Å². The van der Waals surface area contributed by atoms with E-state index in [2.05, 4.69) is 59.2 Å². The SMILES string of the molecule is CC(C)(C)S(=O)N1c2cc(Br)ccc2CC12CCC2. The molecule has 104 valence electrons. The van der Waals surface area contributed by atoms with Gasteiger partial charge in [0.25, 0.3) is 0 Å². The van der Waals surface area contributed by atoms with E-state index in [0.717, 1.165) is 10.9 Å². The average Bonchev–Trinajstić information content (AvgIpc) is 2.60. The molecule has 1 saturated carbocycles. The van der Waals surface area contributed by atoms with Gasteiger partial charge in [0.1, 0.15) is 11.0 Å². The van der Waals surface area contributed by atoms with Crippen molar-refractivity contribution in [3.05, 3.63) is 28.2 Å². The lowest BCUT2D eigenvalue weighted by Gasteiger charge is -2.47. The zero-order valence-corrected chi connectivity index (χ0v) is 14.1. The molecule has 1 aromatic carbocycles.